The largest absolute Gasteiger partial charge is 0.384 e. The minimum Gasteiger partial charge on any atom is -0.384 e. The van der Waals surface area contributed by atoms with Crippen molar-refractivity contribution in [3.8, 4) is 0 Å². The van der Waals surface area contributed by atoms with E-state index in [1.807, 2.05) is 12.2 Å². The molecule has 0 aromatic carbocycles. The van der Waals surface area contributed by atoms with Gasteiger partial charge in [0.1, 0.15) is 0 Å². The molecule has 0 amide bonds. The highest BCUT2D eigenvalue weighted by Crippen LogP contribution is 2.11. The van der Waals surface area contributed by atoms with Gasteiger partial charge in [0.2, 0.25) is 0 Å². The Labute approximate surface area is 69.1 Å². The van der Waals surface area contributed by atoms with E-state index in [2.05, 4.69) is 20.1 Å². The highest BCUT2D eigenvalue weighted by atomic mass is 16.5. The lowest BCUT2D eigenvalue weighted by molar-refractivity contribution is 0.173. The SMILES string of the molecule is C=C/C=C(\C=C)[C@@H](C)COC. The Balaban J connectivity index is 4.12. The van der Waals surface area contributed by atoms with Crippen LogP contribution in [0.15, 0.2) is 37.0 Å². The van der Waals surface area contributed by atoms with Crippen molar-refractivity contribution in [2.75, 3.05) is 13.7 Å². The third-order valence-corrected chi connectivity index (χ3v) is 1.53. The summed E-state index contributed by atoms with van der Waals surface area (Å²) in [6.07, 6.45) is 5.56. The van der Waals surface area contributed by atoms with Gasteiger partial charge in [-0.3, -0.25) is 0 Å². The van der Waals surface area contributed by atoms with Crippen molar-refractivity contribution in [2.45, 2.75) is 6.92 Å². The maximum Gasteiger partial charge on any atom is 0.0528 e. The van der Waals surface area contributed by atoms with Crippen LogP contribution >= 0.6 is 0 Å². The molecule has 62 valence electrons. The fourth-order valence-electron chi connectivity index (χ4n) is 0.916. The van der Waals surface area contributed by atoms with E-state index in [1.165, 1.54) is 5.57 Å². The molecule has 0 aliphatic rings. The summed E-state index contributed by atoms with van der Waals surface area (Å²) in [5.41, 5.74) is 1.17. The van der Waals surface area contributed by atoms with Gasteiger partial charge >= 0.3 is 0 Å². The summed E-state index contributed by atoms with van der Waals surface area (Å²) < 4.78 is 5.01. The summed E-state index contributed by atoms with van der Waals surface area (Å²) in [6, 6.07) is 0. The Hall–Kier alpha value is -0.820. The lowest BCUT2D eigenvalue weighted by atomic mass is 10.0. The zero-order chi connectivity index (χ0) is 8.69. The topological polar surface area (TPSA) is 9.23 Å². The Bertz CT molecular complexity index is 156. The number of allylic oxidation sites excluding steroid dienone is 3. The molecule has 0 rings (SSSR count). The van der Waals surface area contributed by atoms with Crippen molar-refractivity contribution < 1.29 is 4.74 Å². The Morgan fingerprint density at radius 3 is 2.55 bits per heavy atom. The van der Waals surface area contributed by atoms with Crippen LogP contribution in [0.25, 0.3) is 0 Å². The summed E-state index contributed by atoms with van der Waals surface area (Å²) in [5.74, 6) is 0.399. The number of rotatable bonds is 5. The van der Waals surface area contributed by atoms with Crippen molar-refractivity contribution >= 4 is 0 Å². The van der Waals surface area contributed by atoms with Crippen molar-refractivity contribution in [1.82, 2.24) is 0 Å². The second-order valence-electron chi connectivity index (χ2n) is 2.46. The summed E-state index contributed by atoms with van der Waals surface area (Å²) in [4.78, 5) is 0. The molecule has 0 fully saturated rings. The number of methoxy groups -OCH3 is 1. The van der Waals surface area contributed by atoms with Gasteiger partial charge in [-0.1, -0.05) is 38.3 Å². The molecule has 0 saturated carbocycles. The zero-order valence-electron chi connectivity index (χ0n) is 7.34. The molecule has 0 aromatic rings. The van der Waals surface area contributed by atoms with E-state index in [4.69, 9.17) is 4.74 Å². The van der Waals surface area contributed by atoms with Gasteiger partial charge in [0, 0.05) is 13.0 Å². The minimum absolute atomic E-state index is 0.399. The standard InChI is InChI=1S/C10H16O/c1-5-7-10(6-2)9(3)8-11-4/h5-7,9H,1-2,8H2,3-4H3/b10-7+/t9-/m0/s1. The van der Waals surface area contributed by atoms with E-state index >= 15 is 0 Å². The third kappa shape index (κ3) is 3.79. The summed E-state index contributed by atoms with van der Waals surface area (Å²) in [6.45, 7) is 10.2. The lowest BCUT2D eigenvalue weighted by Crippen LogP contribution is -2.04. The highest BCUT2D eigenvalue weighted by molar-refractivity contribution is 5.23. The number of hydrogen-bond acceptors (Lipinski definition) is 1. The molecular weight excluding hydrogens is 136 g/mol. The van der Waals surface area contributed by atoms with Gasteiger partial charge < -0.3 is 4.74 Å². The molecule has 0 saturated heterocycles. The highest BCUT2D eigenvalue weighted by Gasteiger charge is 2.02. The predicted octanol–water partition coefficient (Wildman–Crippen LogP) is 2.57. The average Bonchev–Trinajstić information content (AvgIpc) is 2.00. The molecule has 0 aromatic heterocycles. The molecule has 1 nitrogen and oxygen atoms in total. The second kappa shape index (κ2) is 5.93. The van der Waals surface area contributed by atoms with E-state index in [1.54, 1.807) is 13.2 Å². The van der Waals surface area contributed by atoms with E-state index in [9.17, 15) is 0 Å². The van der Waals surface area contributed by atoms with Crippen LogP contribution in [-0.2, 0) is 4.74 Å². The van der Waals surface area contributed by atoms with Crippen LogP contribution in [0.1, 0.15) is 6.92 Å². The maximum absolute atomic E-state index is 5.01. The van der Waals surface area contributed by atoms with Gasteiger partial charge in [0.15, 0.2) is 0 Å². The van der Waals surface area contributed by atoms with Crippen LogP contribution < -0.4 is 0 Å². The smallest absolute Gasteiger partial charge is 0.0528 e. The van der Waals surface area contributed by atoms with E-state index < -0.39 is 0 Å². The van der Waals surface area contributed by atoms with Crippen molar-refractivity contribution in [3.05, 3.63) is 37.0 Å². The first-order valence-corrected chi connectivity index (χ1v) is 3.70. The molecule has 0 spiro atoms. The molecule has 0 unspecified atom stereocenters. The summed E-state index contributed by atoms with van der Waals surface area (Å²) in [7, 11) is 1.70. The van der Waals surface area contributed by atoms with E-state index in [0.29, 0.717) is 5.92 Å². The Morgan fingerprint density at radius 2 is 2.18 bits per heavy atom. The molecule has 0 bridgehead atoms. The molecule has 1 heteroatoms. The fourth-order valence-corrected chi connectivity index (χ4v) is 0.916. The third-order valence-electron chi connectivity index (χ3n) is 1.53. The van der Waals surface area contributed by atoms with Crippen LogP contribution in [0.3, 0.4) is 0 Å². The summed E-state index contributed by atoms with van der Waals surface area (Å²) >= 11 is 0. The van der Waals surface area contributed by atoms with Gasteiger partial charge in [0.25, 0.3) is 0 Å². The molecule has 0 aliphatic heterocycles. The van der Waals surface area contributed by atoms with Crippen LogP contribution in [0, 0.1) is 5.92 Å². The molecule has 11 heavy (non-hydrogen) atoms. The molecule has 0 aliphatic carbocycles. The minimum atomic E-state index is 0.399. The van der Waals surface area contributed by atoms with E-state index in [-0.39, 0.29) is 0 Å². The fraction of sp³-hybridized carbons (Fsp3) is 0.400. The molecule has 0 heterocycles. The first kappa shape index (κ1) is 10.2. The Kier molecular flexibility index (Phi) is 5.49. The normalized spacial score (nSPS) is 14.2. The van der Waals surface area contributed by atoms with Gasteiger partial charge in [-0.2, -0.15) is 0 Å². The first-order chi connectivity index (χ1) is 5.26. The Morgan fingerprint density at radius 1 is 1.55 bits per heavy atom. The predicted molar refractivity (Wildman–Crippen MR) is 49.5 cm³/mol. The number of ether oxygens (including phenoxy) is 1. The quantitative estimate of drug-likeness (QED) is 0.550. The lowest BCUT2D eigenvalue weighted by Gasteiger charge is -2.10. The summed E-state index contributed by atoms with van der Waals surface area (Å²) in [5, 5.41) is 0. The van der Waals surface area contributed by atoms with Gasteiger partial charge in [-0.15, -0.1) is 0 Å². The molecule has 0 radical (unpaired) electrons. The molecular formula is C10H16O. The van der Waals surface area contributed by atoms with Gasteiger partial charge in [-0.25, -0.2) is 0 Å². The van der Waals surface area contributed by atoms with Gasteiger partial charge in [-0.05, 0) is 5.57 Å². The van der Waals surface area contributed by atoms with Crippen molar-refractivity contribution in [1.29, 1.82) is 0 Å². The van der Waals surface area contributed by atoms with Crippen molar-refractivity contribution in [2.24, 2.45) is 5.92 Å². The van der Waals surface area contributed by atoms with Crippen LogP contribution in [0.2, 0.25) is 0 Å². The van der Waals surface area contributed by atoms with Gasteiger partial charge in [0.05, 0.1) is 6.61 Å². The van der Waals surface area contributed by atoms with E-state index in [0.717, 1.165) is 6.61 Å². The van der Waals surface area contributed by atoms with Crippen LogP contribution in [-0.4, -0.2) is 13.7 Å². The van der Waals surface area contributed by atoms with Crippen LogP contribution in [0.4, 0.5) is 0 Å². The first-order valence-electron chi connectivity index (χ1n) is 3.70. The molecule has 1 atom stereocenters. The van der Waals surface area contributed by atoms with Crippen molar-refractivity contribution in [3.63, 3.8) is 0 Å². The maximum atomic E-state index is 5.01. The van der Waals surface area contributed by atoms with Crippen LogP contribution in [0.5, 0.6) is 0 Å². The second-order valence-corrected chi connectivity index (χ2v) is 2.46. The average molecular weight is 152 g/mol. The monoisotopic (exact) mass is 152 g/mol. The zero-order valence-corrected chi connectivity index (χ0v) is 7.34. The molecule has 0 N–H and O–H groups in total. The number of hydrogen-bond donors (Lipinski definition) is 0.